The standard InChI is InChI=1S/C28H36N6O3/c29-13-16-34(17-14-30)27(36)19-23(31)28(37)33-25(11-10-20-6-2-1-3-7-20)26(35)18-21-12-15-32-24-9-5-4-8-22(21)24/h1-9,12,15,23,25H,10-11,13-14,16-19,29-31H2,(H,33,37)/t23-,25-/m0/s1. The van der Waals surface area contributed by atoms with Gasteiger partial charge < -0.3 is 27.4 Å². The quantitative estimate of drug-likeness (QED) is 0.254. The van der Waals surface area contributed by atoms with Crippen molar-refractivity contribution in [2.45, 2.75) is 37.8 Å². The molecule has 7 N–H and O–H groups in total. The molecule has 3 rings (SSSR count). The van der Waals surface area contributed by atoms with Gasteiger partial charge in [-0.2, -0.15) is 0 Å². The van der Waals surface area contributed by atoms with Crippen LogP contribution in [0.3, 0.4) is 0 Å². The number of Topliss-reactive ketones (excluding diaryl/α,β-unsaturated/α-hetero) is 1. The zero-order valence-corrected chi connectivity index (χ0v) is 21.0. The molecule has 1 aromatic heterocycles. The predicted molar refractivity (Wildman–Crippen MR) is 144 cm³/mol. The largest absolute Gasteiger partial charge is 0.345 e. The summed E-state index contributed by atoms with van der Waals surface area (Å²) in [5.41, 5.74) is 20.0. The van der Waals surface area contributed by atoms with Gasteiger partial charge in [0.25, 0.3) is 0 Å². The number of rotatable bonds is 14. The van der Waals surface area contributed by atoms with Gasteiger partial charge in [-0.15, -0.1) is 0 Å². The van der Waals surface area contributed by atoms with Gasteiger partial charge in [-0.1, -0.05) is 48.5 Å². The Morgan fingerprint density at radius 3 is 2.30 bits per heavy atom. The molecule has 37 heavy (non-hydrogen) atoms. The number of fused-ring (bicyclic) bond motifs is 1. The van der Waals surface area contributed by atoms with Crippen molar-refractivity contribution in [1.82, 2.24) is 15.2 Å². The van der Waals surface area contributed by atoms with Crippen LogP contribution in [-0.4, -0.2) is 65.7 Å². The van der Waals surface area contributed by atoms with E-state index in [9.17, 15) is 14.4 Å². The van der Waals surface area contributed by atoms with Gasteiger partial charge in [-0.05, 0) is 36.1 Å². The topological polar surface area (TPSA) is 157 Å². The van der Waals surface area contributed by atoms with Gasteiger partial charge in [-0.3, -0.25) is 19.4 Å². The molecular weight excluding hydrogens is 468 g/mol. The number of amides is 2. The zero-order valence-electron chi connectivity index (χ0n) is 21.0. The number of hydrogen-bond acceptors (Lipinski definition) is 7. The molecule has 9 heteroatoms. The number of pyridine rings is 1. The molecule has 2 atom stereocenters. The van der Waals surface area contributed by atoms with Crippen LogP contribution in [0, 0.1) is 0 Å². The molecule has 0 aliphatic carbocycles. The molecule has 2 amide bonds. The first kappa shape index (κ1) is 27.9. The number of hydrogen-bond donors (Lipinski definition) is 4. The molecule has 0 saturated carbocycles. The predicted octanol–water partition coefficient (Wildman–Crippen LogP) is 0.927. The number of nitrogens with two attached hydrogens (primary N) is 3. The first-order valence-corrected chi connectivity index (χ1v) is 12.6. The van der Waals surface area contributed by atoms with Crippen LogP contribution in [0.2, 0.25) is 0 Å². The first-order chi connectivity index (χ1) is 17.9. The third-order valence-corrected chi connectivity index (χ3v) is 6.26. The van der Waals surface area contributed by atoms with E-state index in [2.05, 4.69) is 10.3 Å². The number of ketones is 1. The SMILES string of the molecule is NCCN(CCN)C(=O)C[C@H](N)C(=O)N[C@@H](CCc1ccccc1)C(=O)Cc1ccnc2ccccc12. The number of para-hydroxylation sites is 1. The Balaban J connectivity index is 1.72. The van der Waals surface area contributed by atoms with Crippen LogP contribution in [0.15, 0.2) is 66.9 Å². The van der Waals surface area contributed by atoms with E-state index in [1.54, 1.807) is 6.20 Å². The normalized spacial score (nSPS) is 12.6. The lowest BCUT2D eigenvalue weighted by molar-refractivity contribution is -0.134. The average Bonchev–Trinajstić information content (AvgIpc) is 2.91. The molecule has 0 bridgehead atoms. The van der Waals surface area contributed by atoms with Crippen LogP contribution in [0.4, 0.5) is 0 Å². The summed E-state index contributed by atoms with van der Waals surface area (Å²) in [7, 11) is 0. The number of aromatic nitrogens is 1. The molecule has 2 aromatic carbocycles. The molecule has 1 heterocycles. The summed E-state index contributed by atoms with van der Waals surface area (Å²) in [6, 6.07) is 17.3. The maximum absolute atomic E-state index is 13.5. The lowest BCUT2D eigenvalue weighted by atomic mass is 9.96. The van der Waals surface area contributed by atoms with Crippen molar-refractivity contribution in [1.29, 1.82) is 0 Å². The van der Waals surface area contributed by atoms with Gasteiger partial charge in [0.15, 0.2) is 5.78 Å². The monoisotopic (exact) mass is 504 g/mol. The van der Waals surface area contributed by atoms with Gasteiger partial charge in [0.1, 0.15) is 0 Å². The number of carbonyl (C=O) groups excluding carboxylic acids is 3. The smallest absolute Gasteiger partial charge is 0.238 e. The summed E-state index contributed by atoms with van der Waals surface area (Å²) in [6.07, 6.45) is 2.63. The van der Waals surface area contributed by atoms with Gasteiger partial charge >= 0.3 is 0 Å². The number of nitrogens with one attached hydrogen (secondary N) is 1. The maximum Gasteiger partial charge on any atom is 0.238 e. The number of nitrogens with zero attached hydrogens (tertiary/aromatic N) is 2. The molecule has 0 spiro atoms. The highest BCUT2D eigenvalue weighted by Crippen LogP contribution is 2.18. The summed E-state index contributed by atoms with van der Waals surface area (Å²) >= 11 is 0. The minimum Gasteiger partial charge on any atom is -0.345 e. The summed E-state index contributed by atoms with van der Waals surface area (Å²) < 4.78 is 0. The minimum atomic E-state index is -1.10. The Hall–Kier alpha value is -3.66. The average molecular weight is 505 g/mol. The van der Waals surface area contributed by atoms with Gasteiger partial charge in [0.05, 0.1) is 24.0 Å². The third-order valence-electron chi connectivity index (χ3n) is 6.26. The van der Waals surface area contributed by atoms with E-state index in [1.165, 1.54) is 4.90 Å². The molecule has 3 aromatic rings. The highest BCUT2D eigenvalue weighted by molar-refractivity contribution is 5.95. The lowest BCUT2D eigenvalue weighted by Crippen LogP contribution is -2.51. The Bertz CT molecular complexity index is 1180. The minimum absolute atomic E-state index is 0.132. The van der Waals surface area contributed by atoms with Crippen LogP contribution < -0.4 is 22.5 Å². The highest BCUT2D eigenvalue weighted by atomic mass is 16.2. The van der Waals surface area contributed by atoms with Crippen LogP contribution >= 0.6 is 0 Å². The van der Waals surface area contributed by atoms with Crippen LogP contribution in [-0.2, 0) is 27.2 Å². The molecule has 0 unspecified atom stereocenters. The number of carbonyl (C=O) groups is 3. The fraction of sp³-hybridized carbons (Fsp3) is 0.357. The molecule has 0 aliphatic heterocycles. The van der Waals surface area contributed by atoms with Crippen molar-refractivity contribution in [3.05, 3.63) is 78.0 Å². The van der Waals surface area contributed by atoms with E-state index >= 15 is 0 Å². The summed E-state index contributed by atoms with van der Waals surface area (Å²) in [5, 5.41) is 3.71. The van der Waals surface area contributed by atoms with Crippen molar-refractivity contribution >= 4 is 28.5 Å². The van der Waals surface area contributed by atoms with E-state index in [0.717, 1.165) is 22.0 Å². The number of aryl methyl sites for hydroxylation is 1. The second-order valence-corrected chi connectivity index (χ2v) is 8.98. The van der Waals surface area contributed by atoms with Gasteiger partial charge in [-0.25, -0.2) is 0 Å². The Labute approximate surface area is 217 Å². The van der Waals surface area contributed by atoms with Crippen molar-refractivity contribution in [3.63, 3.8) is 0 Å². The van der Waals surface area contributed by atoms with E-state index in [0.29, 0.717) is 25.9 Å². The van der Waals surface area contributed by atoms with Crippen molar-refractivity contribution in [2.24, 2.45) is 17.2 Å². The van der Waals surface area contributed by atoms with Gasteiger partial charge in [0.2, 0.25) is 11.8 Å². The molecule has 9 nitrogen and oxygen atoms in total. The number of benzene rings is 2. The summed E-state index contributed by atoms with van der Waals surface area (Å²) in [6.45, 7) is 1.24. The molecule has 0 radical (unpaired) electrons. The molecular formula is C28H36N6O3. The van der Waals surface area contributed by atoms with Crippen LogP contribution in [0.5, 0.6) is 0 Å². The molecule has 0 saturated heterocycles. The van der Waals surface area contributed by atoms with Crippen LogP contribution in [0.1, 0.15) is 24.0 Å². The highest BCUT2D eigenvalue weighted by Gasteiger charge is 2.26. The van der Waals surface area contributed by atoms with Crippen molar-refractivity contribution in [3.8, 4) is 0 Å². The Morgan fingerprint density at radius 2 is 1.59 bits per heavy atom. The van der Waals surface area contributed by atoms with E-state index in [1.807, 2.05) is 60.7 Å². The second-order valence-electron chi connectivity index (χ2n) is 8.98. The third kappa shape index (κ3) is 8.18. The summed E-state index contributed by atoms with van der Waals surface area (Å²) in [5.74, 6) is -0.971. The zero-order chi connectivity index (χ0) is 26.6. The van der Waals surface area contributed by atoms with Crippen molar-refractivity contribution < 1.29 is 14.4 Å². The van der Waals surface area contributed by atoms with Gasteiger partial charge in [0, 0.05) is 44.2 Å². The second kappa shape index (κ2) is 14.2. The molecule has 196 valence electrons. The van der Waals surface area contributed by atoms with E-state index in [-0.39, 0.29) is 37.6 Å². The fourth-order valence-corrected chi connectivity index (χ4v) is 4.25. The van der Waals surface area contributed by atoms with E-state index in [4.69, 9.17) is 17.2 Å². The summed E-state index contributed by atoms with van der Waals surface area (Å²) in [4.78, 5) is 44.9. The Morgan fingerprint density at radius 1 is 0.919 bits per heavy atom. The fourth-order valence-electron chi connectivity index (χ4n) is 4.25. The molecule has 0 aliphatic rings. The lowest BCUT2D eigenvalue weighted by Gasteiger charge is -2.24. The van der Waals surface area contributed by atoms with Crippen LogP contribution in [0.25, 0.3) is 10.9 Å². The maximum atomic E-state index is 13.5. The van der Waals surface area contributed by atoms with E-state index < -0.39 is 18.0 Å². The van der Waals surface area contributed by atoms with Crippen molar-refractivity contribution in [2.75, 3.05) is 26.2 Å². The Kier molecular flexibility index (Phi) is 10.7. The molecule has 0 fully saturated rings. The first-order valence-electron chi connectivity index (χ1n) is 12.6.